The second kappa shape index (κ2) is 7.78. The van der Waals surface area contributed by atoms with Crippen molar-refractivity contribution in [1.82, 2.24) is 0 Å². The molecule has 2 atom stereocenters. The Bertz CT molecular complexity index is 696. The summed E-state index contributed by atoms with van der Waals surface area (Å²) in [7, 11) is -3.80. The van der Waals surface area contributed by atoms with Gasteiger partial charge in [0.15, 0.2) is 16.1 Å². The summed E-state index contributed by atoms with van der Waals surface area (Å²) in [5.74, 6) is -2.54. The predicted octanol–water partition coefficient (Wildman–Crippen LogP) is 3.94. The Balaban J connectivity index is 2.20. The summed E-state index contributed by atoms with van der Waals surface area (Å²) in [6.07, 6.45) is -5.13. The van der Waals surface area contributed by atoms with Gasteiger partial charge in [-0.3, -0.25) is 0 Å². The molecule has 2 rings (SSSR count). The molecule has 0 radical (unpaired) electrons. The topological polar surface area (TPSA) is 52.6 Å². The van der Waals surface area contributed by atoms with E-state index in [0.29, 0.717) is 0 Å². The Hall–Kier alpha value is -1.54. The number of benzene rings is 1. The minimum Gasteiger partial charge on any atom is -0.468 e. The van der Waals surface area contributed by atoms with Gasteiger partial charge in [0.05, 0.1) is 17.4 Å². The minimum atomic E-state index is -4.48. The third kappa shape index (κ3) is 5.74. The van der Waals surface area contributed by atoms with Crippen molar-refractivity contribution in [3.63, 3.8) is 0 Å². The van der Waals surface area contributed by atoms with Crippen LogP contribution < -0.4 is 0 Å². The molecule has 0 spiro atoms. The van der Waals surface area contributed by atoms with Crippen molar-refractivity contribution in [3.8, 4) is 0 Å². The highest BCUT2D eigenvalue weighted by Gasteiger charge is 2.43. The molecule has 1 aliphatic heterocycles. The normalized spacial score (nSPS) is 21.8. The Kier molecular flexibility index (Phi) is 6.16. The van der Waals surface area contributed by atoms with Crippen molar-refractivity contribution in [2.45, 2.75) is 37.6 Å². The standard InChI is InChI=1S/C17H21F3O4S/c1-12(2)10-23-16-9-13(17(18,19)20)8-14(24-16)11-25(21,22)15-6-4-3-5-7-15/h3-8,12-13,16H,9-11H2,1-2H3/t13-,16+/m0/s1. The van der Waals surface area contributed by atoms with Crippen LogP contribution >= 0.6 is 0 Å². The van der Waals surface area contributed by atoms with Gasteiger partial charge in [0, 0.05) is 6.42 Å². The SMILES string of the molecule is CC(C)CO[C@H]1C[C@@H](C(F)(F)F)C=C(CS(=O)(=O)c2ccccc2)O1. The zero-order valence-corrected chi connectivity index (χ0v) is 14.8. The quantitative estimate of drug-likeness (QED) is 0.752. The molecule has 25 heavy (non-hydrogen) atoms. The van der Waals surface area contributed by atoms with E-state index in [1.165, 1.54) is 12.1 Å². The molecule has 1 heterocycles. The summed E-state index contributed by atoms with van der Waals surface area (Å²) in [6, 6.07) is 7.55. The number of allylic oxidation sites excluding steroid dienone is 1. The van der Waals surface area contributed by atoms with E-state index in [4.69, 9.17) is 9.47 Å². The number of halogens is 3. The summed E-state index contributed by atoms with van der Waals surface area (Å²) >= 11 is 0. The van der Waals surface area contributed by atoms with Gasteiger partial charge < -0.3 is 9.47 Å². The van der Waals surface area contributed by atoms with Crippen LogP contribution in [0.1, 0.15) is 20.3 Å². The van der Waals surface area contributed by atoms with E-state index in [1.807, 2.05) is 13.8 Å². The zero-order valence-electron chi connectivity index (χ0n) is 14.0. The molecule has 0 aliphatic carbocycles. The largest absolute Gasteiger partial charge is 0.468 e. The first kappa shape index (κ1) is 19.8. The maximum absolute atomic E-state index is 13.1. The van der Waals surface area contributed by atoms with E-state index in [-0.39, 0.29) is 29.6 Å². The second-order valence-corrected chi connectivity index (χ2v) is 8.35. The predicted molar refractivity (Wildman–Crippen MR) is 86.4 cm³/mol. The van der Waals surface area contributed by atoms with Gasteiger partial charge in [0.25, 0.3) is 0 Å². The Labute approximate surface area is 145 Å². The maximum Gasteiger partial charge on any atom is 0.395 e. The zero-order chi connectivity index (χ0) is 18.7. The molecule has 0 bridgehead atoms. The summed E-state index contributed by atoms with van der Waals surface area (Å²) in [4.78, 5) is 0.0354. The number of rotatable bonds is 6. The van der Waals surface area contributed by atoms with E-state index in [1.54, 1.807) is 18.2 Å². The van der Waals surface area contributed by atoms with Crippen LogP contribution in [-0.4, -0.2) is 33.2 Å². The Morgan fingerprint density at radius 3 is 2.44 bits per heavy atom. The van der Waals surface area contributed by atoms with Crippen molar-refractivity contribution < 1.29 is 31.1 Å². The molecule has 8 heteroatoms. The molecule has 1 aliphatic rings. The lowest BCUT2D eigenvalue weighted by Gasteiger charge is -2.31. The maximum atomic E-state index is 13.1. The van der Waals surface area contributed by atoms with Gasteiger partial charge in [-0.1, -0.05) is 32.0 Å². The molecular weight excluding hydrogens is 357 g/mol. The third-order valence-electron chi connectivity index (χ3n) is 3.59. The van der Waals surface area contributed by atoms with Crippen molar-refractivity contribution in [2.24, 2.45) is 11.8 Å². The van der Waals surface area contributed by atoms with Gasteiger partial charge in [0.2, 0.25) is 0 Å². The van der Waals surface area contributed by atoms with Crippen LogP contribution in [-0.2, 0) is 19.3 Å². The van der Waals surface area contributed by atoms with Crippen molar-refractivity contribution in [2.75, 3.05) is 12.4 Å². The van der Waals surface area contributed by atoms with E-state index >= 15 is 0 Å². The lowest BCUT2D eigenvalue weighted by molar-refractivity contribution is -0.204. The van der Waals surface area contributed by atoms with E-state index in [0.717, 1.165) is 6.08 Å². The number of sulfone groups is 1. The highest BCUT2D eigenvalue weighted by Crippen LogP contribution is 2.36. The van der Waals surface area contributed by atoms with Crippen LogP contribution in [0.3, 0.4) is 0 Å². The summed E-state index contributed by atoms with van der Waals surface area (Å²) in [6.45, 7) is 3.95. The number of hydrogen-bond donors (Lipinski definition) is 0. The van der Waals surface area contributed by atoms with Crippen LogP contribution in [0.5, 0.6) is 0 Å². The molecule has 140 valence electrons. The van der Waals surface area contributed by atoms with Crippen LogP contribution in [0.4, 0.5) is 13.2 Å². The van der Waals surface area contributed by atoms with Crippen LogP contribution in [0.2, 0.25) is 0 Å². The minimum absolute atomic E-state index is 0.0354. The van der Waals surface area contributed by atoms with Gasteiger partial charge in [-0.05, 0) is 24.1 Å². The lowest BCUT2D eigenvalue weighted by atomic mass is 10.0. The molecule has 1 aromatic carbocycles. The van der Waals surface area contributed by atoms with Gasteiger partial charge in [-0.15, -0.1) is 0 Å². The van der Waals surface area contributed by atoms with E-state index in [9.17, 15) is 21.6 Å². The molecule has 0 saturated heterocycles. The Morgan fingerprint density at radius 2 is 1.88 bits per heavy atom. The molecule has 0 N–H and O–H groups in total. The van der Waals surface area contributed by atoms with Crippen molar-refractivity contribution in [1.29, 1.82) is 0 Å². The fourth-order valence-corrected chi connectivity index (χ4v) is 3.64. The first-order valence-electron chi connectivity index (χ1n) is 7.91. The van der Waals surface area contributed by atoms with Gasteiger partial charge in [0.1, 0.15) is 11.5 Å². The van der Waals surface area contributed by atoms with E-state index in [2.05, 4.69) is 0 Å². The fourth-order valence-electron chi connectivity index (χ4n) is 2.37. The van der Waals surface area contributed by atoms with Crippen LogP contribution in [0, 0.1) is 11.8 Å². The van der Waals surface area contributed by atoms with Gasteiger partial charge >= 0.3 is 6.18 Å². The number of ether oxygens (including phenoxy) is 2. The first-order valence-corrected chi connectivity index (χ1v) is 9.56. The summed E-state index contributed by atoms with van der Waals surface area (Å²) < 4.78 is 74.9. The molecule has 0 unspecified atom stereocenters. The highest BCUT2D eigenvalue weighted by molar-refractivity contribution is 7.91. The molecule has 0 aromatic heterocycles. The molecule has 0 fully saturated rings. The Morgan fingerprint density at radius 1 is 1.24 bits per heavy atom. The number of hydrogen-bond acceptors (Lipinski definition) is 4. The van der Waals surface area contributed by atoms with Crippen molar-refractivity contribution in [3.05, 3.63) is 42.2 Å². The van der Waals surface area contributed by atoms with Gasteiger partial charge in [-0.2, -0.15) is 13.2 Å². The lowest BCUT2D eigenvalue weighted by Crippen LogP contribution is -2.34. The number of alkyl halides is 3. The molecule has 0 amide bonds. The molecule has 0 saturated carbocycles. The van der Waals surface area contributed by atoms with Gasteiger partial charge in [-0.25, -0.2) is 8.42 Å². The summed E-state index contributed by atoms with van der Waals surface area (Å²) in [5, 5.41) is 0. The fraction of sp³-hybridized carbons (Fsp3) is 0.529. The monoisotopic (exact) mass is 378 g/mol. The highest BCUT2D eigenvalue weighted by atomic mass is 32.2. The molecule has 4 nitrogen and oxygen atoms in total. The van der Waals surface area contributed by atoms with E-state index < -0.39 is 34.0 Å². The molecular formula is C17H21F3O4S. The third-order valence-corrected chi connectivity index (χ3v) is 5.24. The van der Waals surface area contributed by atoms with Crippen LogP contribution in [0.15, 0.2) is 47.1 Å². The first-order chi connectivity index (χ1) is 11.6. The second-order valence-electron chi connectivity index (χ2n) is 6.36. The smallest absolute Gasteiger partial charge is 0.395 e. The average Bonchev–Trinajstić information content (AvgIpc) is 2.52. The molecule has 1 aromatic rings. The van der Waals surface area contributed by atoms with Crippen molar-refractivity contribution >= 4 is 9.84 Å². The van der Waals surface area contributed by atoms with Crippen LogP contribution in [0.25, 0.3) is 0 Å². The summed E-state index contributed by atoms with van der Waals surface area (Å²) in [5.41, 5.74) is 0. The average molecular weight is 378 g/mol.